The Morgan fingerprint density at radius 1 is 1.16 bits per heavy atom. The van der Waals surface area contributed by atoms with E-state index in [4.69, 9.17) is 4.74 Å². The van der Waals surface area contributed by atoms with E-state index in [-0.39, 0.29) is 11.6 Å². The molecule has 0 bridgehead atoms. The largest absolute Gasteiger partial charge is 0.455 e. The predicted molar refractivity (Wildman–Crippen MR) is 77.8 cm³/mol. The lowest BCUT2D eigenvalue weighted by Gasteiger charge is -2.46. The van der Waals surface area contributed by atoms with Crippen molar-refractivity contribution in [3.8, 4) is 0 Å². The first kappa shape index (κ1) is 14.6. The van der Waals surface area contributed by atoms with Crippen molar-refractivity contribution in [3.63, 3.8) is 0 Å². The van der Waals surface area contributed by atoms with Crippen molar-refractivity contribution < 1.29 is 9.53 Å². The second kappa shape index (κ2) is 5.68. The Hall–Kier alpha value is -0.790. The molecule has 2 fully saturated rings. The van der Waals surface area contributed by atoms with Gasteiger partial charge < -0.3 is 4.74 Å². The molecule has 2 saturated carbocycles. The van der Waals surface area contributed by atoms with Crippen molar-refractivity contribution in [2.75, 3.05) is 0 Å². The van der Waals surface area contributed by atoms with E-state index in [0.29, 0.717) is 23.3 Å². The highest BCUT2D eigenvalue weighted by atomic mass is 16.6. The summed E-state index contributed by atoms with van der Waals surface area (Å²) < 4.78 is 6.03. The van der Waals surface area contributed by atoms with Gasteiger partial charge >= 0.3 is 5.97 Å². The molecular formula is C17H28O2. The molecule has 0 heterocycles. The molecule has 0 amide bonds. The highest BCUT2D eigenvalue weighted by Crippen LogP contribution is 2.48. The zero-order chi connectivity index (χ0) is 14.0. The van der Waals surface area contributed by atoms with Gasteiger partial charge in [0.1, 0.15) is 5.60 Å². The minimum absolute atomic E-state index is 0.187. The van der Waals surface area contributed by atoms with E-state index in [1.54, 1.807) is 6.92 Å². The number of hydrogen-bond acceptors (Lipinski definition) is 2. The molecule has 19 heavy (non-hydrogen) atoms. The standard InChI is InChI=1S/C17H28O2/c1-12(2)16(18)19-17(15-7-5-6-8-15)10-13(3)9-14(4)11-17/h13-15H,1,5-11H2,2-4H3. The van der Waals surface area contributed by atoms with Crippen molar-refractivity contribution in [1.82, 2.24) is 0 Å². The van der Waals surface area contributed by atoms with Crippen LogP contribution in [-0.2, 0) is 9.53 Å². The summed E-state index contributed by atoms with van der Waals surface area (Å²) in [5, 5.41) is 0. The second-order valence-electron chi connectivity index (χ2n) is 7.07. The first-order chi connectivity index (χ1) is 8.93. The summed E-state index contributed by atoms with van der Waals surface area (Å²) >= 11 is 0. The summed E-state index contributed by atoms with van der Waals surface area (Å²) in [6.45, 7) is 10.1. The summed E-state index contributed by atoms with van der Waals surface area (Å²) in [5.41, 5.74) is 0.326. The molecule has 0 N–H and O–H groups in total. The van der Waals surface area contributed by atoms with Crippen LogP contribution in [0.4, 0.5) is 0 Å². The summed E-state index contributed by atoms with van der Waals surface area (Å²) in [6, 6.07) is 0. The van der Waals surface area contributed by atoms with Crippen LogP contribution in [0.5, 0.6) is 0 Å². The number of carbonyl (C=O) groups excluding carboxylic acids is 1. The van der Waals surface area contributed by atoms with Gasteiger partial charge in [0.05, 0.1) is 0 Å². The van der Waals surface area contributed by atoms with Crippen LogP contribution in [0, 0.1) is 17.8 Å². The van der Waals surface area contributed by atoms with Gasteiger partial charge in [0.25, 0.3) is 0 Å². The molecular weight excluding hydrogens is 236 g/mol. The maximum atomic E-state index is 12.1. The van der Waals surface area contributed by atoms with E-state index in [2.05, 4.69) is 20.4 Å². The number of ether oxygens (including phenoxy) is 1. The van der Waals surface area contributed by atoms with Crippen molar-refractivity contribution in [2.45, 2.75) is 71.3 Å². The van der Waals surface area contributed by atoms with Crippen LogP contribution in [-0.4, -0.2) is 11.6 Å². The van der Waals surface area contributed by atoms with Crippen LogP contribution in [0.3, 0.4) is 0 Å². The van der Waals surface area contributed by atoms with Crippen LogP contribution in [0.15, 0.2) is 12.2 Å². The molecule has 2 atom stereocenters. The molecule has 0 radical (unpaired) electrons. The molecule has 0 aromatic rings. The van der Waals surface area contributed by atoms with E-state index in [1.165, 1.54) is 32.1 Å². The molecule has 0 aromatic heterocycles. The number of rotatable bonds is 3. The van der Waals surface area contributed by atoms with Gasteiger partial charge in [-0.1, -0.05) is 33.3 Å². The fraction of sp³-hybridized carbons (Fsp3) is 0.824. The topological polar surface area (TPSA) is 26.3 Å². The van der Waals surface area contributed by atoms with E-state index in [1.807, 2.05) is 0 Å². The van der Waals surface area contributed by atoms with Crippen molar-refractivity contribution in [2.24, 2.45) is 17.8 Å². The molecule has 2 unspecified atom stereocenters. The van der Waals surface area contributed by atoms with Gasteiger partial charge in [0.2, 0.25) is 0 Å². The van der Waals surface area contributed by atoms with Gasteiger partial charge in [-0.15, -0.1) is 0 Å². The van der Waals surface area contributed by atoms with E-state index in [9.17, 15) is 4.79 Å². The lowest BCUT2D eigenvalue weighted by atomic mass is 9.67. The highest BCUT2D eigenvalue weighted by Gasteiger charge is 2.47. The fourth-order valence-corrected chi connectivity index (χ4v) is 4.34. The van der Waals surface area contributed by atoms with Crippen molar-refractivity contribution in [3.05, 3.63) is 12.2 Å². The number of carbonyl (C=O) groups is 1. The van der Waals surface area contributed by atoms with Gasteiger partial charge in [0.15, 0.2) is 0 Å². The minimum atomic E-state index is -0.205. The molecule has 0 saturated heterocycles. The van der Waals surface area contributed by atoms with Gasteiger partial charge in [-0.2, -0.15) is 0 Å². The zero-order valence-electron chi connectivity index (χ0n) is 12.7. The molecule has 2 aliphatic rings. The van der Waals surface area contributed by atoms with Crippen LogP contribution < -0.4 is 0 Å². The number of esters is 1. The predicted octanol–water partition coefficient (Wildman–Crippen LogP) is 4.49. The normalized spacial score (nSPS) is 36.2. The first-order valence-corrected chi connectivity index (χ1v) is 7.82. The Kier molecular flexibility index (Phi) is 4.37. The first-order valence-electron chi connectivity index (χ1n) is 7.82. The van der Waals surface area contributed by atoms with E-state index in [0.717, 1.165) is 12.8 Å². The van der Waals surface area contributed by atoms with Crippen LogP contribution in [0.1, 0.15) is 65.7 Å². The fourth-order valence-electron chi connectivity index (χ4n) is 4.34. The Balaban J connectivity index is 2.21. The van der Waals surface area contributed by atoms with E-state index < -0.39 is 0 Å². The Morgan fingerprint density at radius 2 is 1.68 bits per heavy atom. The summed E-state index contributed by atoms with van der Waals surface area (Å²) in [4.78, 5) is 12.1. The lowest BCUT2D eigenvalue weighted by molar-refractivity contribution is -0.171. The van der Waals surface area contributed by atoms with Gasteiger partial charge in [-0.3, -0.25) is 0 Å². The third-order valence-corrected chi connectivity index (χ3v) is 4.94. The maximum absolute atomic E-state index is 12.1. The molecule has 2 aliphatic carbocycles. The molecule has 2 nitrogen and oxygen atoms in total. The van der Waals surface area contributed by atoms with Crippen molar-refractivity contribution >= 4 is 5.97 Å². The third-order valence-electron chi connectivity index (χ3n) is 4.94. The molecule has 2 rings (SSSR count). The van der Waals surface area contributed by atoms with Crippen molar-refractivity contribution in [1.29, 1.82) is 0 Å². The summed E-state index contributed by atoms with van der Waals surface area (Å²) in [6.07, 6.45) is 8.38. The van der Waals surface area contributed by atoms with Gasteiger partial charge in [0, 0.05) is 5.57 Å². The highest BCUT2D eigenvalue weighted by molar-refractivity contribution is 5.87. The zero-order valence-corrected chi connectivity index (χ0v) is 12.7. The lowest BCUT2D eigenvalue weighted by Crippen LogP contribution is -2.47. The monoisotopic (exact) mass is 264 g/mol. The number of hydrogen-bond donors (Lipinski definition) is 0. The van der Waals surface area contributed by atoms with Crippen LogP contribution >= 0.6 is 0 Å². The molecule has 108 valence electrons. The van der Waals surface area contributed by atoms with Gasteiger partial charge in [-0.25, -0.2) is 4.79 Å². The summed E-state index contributed by atoms with van der Waals surface area (Å²) in [7, 11) is 0. The Bertz CT molecular complexity index is 342. The average Bonchev–Trinajstić information content (AvgIpc) is 2.80. The quantitative estimate of drug-likeness (QED) is 0.554. The van der Waals surface area contributed by atoms with E-state index >= 15 is 0 Å². The molecule has 0 aliphatic heterocycles. The Morgan fingerprint density at radius 3 is 2.16 bits per heavy atom. The summed E-state index contributed by atoms with van der Waals surface area (Å²) in [5.74, 6) is 1.69. The molecule has 0 spiro atoms. The van der Waals surface area contributed by atoms with Crippen LogP contribution in [0.25, 0.3) is 0 Å². The minimum Gasteiger partial charge on any atom is -0.455 e. The average molecular weight is 264 g/mol. The molecule has 0 aromatic carbocycles. The second-order valence-corrected chi connectivity index (χ2v) is 7.07. The van der Waals surface area contributed by atoms with Gasteiger partial charge in [-0.05, 0) is 56.8 Å². The Labute approximate surface area is 117 Å². The SMILES string of the molecule is C=C(C)C(=O)OC1(C2CCCC2)CC(C)CC(C)C1. The smallest absolute Gasteiger partial charge is 0.333 e. The maximum Gasteiger partial charge on any atom is 0.333 e. The molecule has 2 heteroatoms. The third kappa shape index (κ3) is 3.21. The van der Waals surface area contributed by atoms with Crippen LogP contribution in [0.2, 0.25) is 0 Å².